The molecular formula is C60H60BN3O. The Hall–Kier alpha value is -6.46. The largest absolute Gasteiger partial charge is 0.468 e. The van der Waals surface area contributed by atoms with Crippen molar-refractivity contribution in [2.24, 2.45) is 0 Å². The standard InChI is InChI=1S/C60H60BN3O/c1-57(2,3)39-25-29-43(30-26-39)63-50-38-48-47(59(7,8)33-34-60(48,9)10)37-49(50)61-54-51(63)35-45(62(41-19-13-11-14-20-41)42-21-15-12-16-22-42)36-52(54)64(44-31-27-40(28-32-44)58(4,5)6)55-46-23-17-18-24-53(46)65-56(55)61/h11-32,35-38H,33-34H2,1-10H3/i11D,12D,13D,14D,15D,16D,17D,18D,19D,20D,21D,22D,23D,24D,25D,26D,27D,28D,29D,30D,31D,32D. The summed E-state index contributed by atoms with van der Waals surface area (Å²) in [6.45, 7) is 17.4. The highest BCUT2D eigenvalue weighted by atomic mass is 16.3. The molecule has 0 unspecified atom stereocenters. The highest BCUT2D eigenvalue weighted by Gasteiger charge is 2.49. The Labute approximate surface area is 417 Å². The second kappa shape index (κ2) is 14.5. The van der Waals surface area contributed by atoms with Crippen LogP contribution in [-0.2, 0) is 21.7 Å². The molecular weight excluding hydrogens is 789 g/mol. The van der Waals surface area contributed by atoms with Gasteiger partial charge in [0, 0.05) is 45.2 Å². The van der Waals surface area contributed by atoms with Gasteiger partial charge in [-0.15, -0.1) is 0 Å². The molecule has 0 radical (unpaired) electrons. The molecule has 65 heavy (non-hydrogen) atoms. The minimum Gasteiger partial charge on any atom is -0.468 e. The topological polar surface area (TPSA) is 22.9 Å². The summed E-state index contributed by atoms with van der Waals surface area (Å²) in [6.07, 6.45) is 1.40. The smallest absolute Gasteiger partial charge is 0.297 e. The Morgan fingerprint density at radius 3 is 1.55 bits per heavy atom. The second-order valence-corrected chi connectivity index (χ2v) is 20.5. The Balaban J connectivity index is 1.47. The molecule has 0 N–H and O–H groups in total. The third-order valence-corrected chi connectivity index (χ3v) is 13.1. The van der Waals surface area contributed by atoms with E-state index in [-0.39, 0.29) is 67.3 Å². The molecule has 4 nitrogen and oxygen atoms in total. The van der Waals surface area contributed by atoms with Crippen LogP contribution in [0, 0.1) is 0 Å². The summed E-state index contributed by atoms with van der Waals surface area (Å²) in [5, 5.41) is -0.265. The van der Waals surface area contributed by atoms with Crippen molar-refractivity contribution in [3.05, 3.63) is 179 Å². The first-order chi connectivity index (χ1) is 40.1. The van der Waals surface area contributed by atoms with E-state index in [4.69, 9.17) is 15.4 Å². The van der Waals surface area contributed by atoms with Gasteiger partial charge in [-0.25, -0.2) is 0 Å². The first kappa shape index (κ1) is 23.6. The van der Waals surface area contributed by atoms with E-state index in [1.807, 2.05) is 12.1 Å². The maximum Gasteiger partial charge on any atom is 0.297 e. The van der Waals surface area contributed by atoms with Gasteiger partial charge in [0.2, 0.25) is 0 Å². The summed E-state index contributed by atoms with van der Waals surface area (Å²) >= 11 is 0. The summed E-state index contributed by atoms with van der Waals surface area (Å²) in [7, 11) is 0. The predicted octanol–water partition coefficient (Wildman–Crippen LogP) is 14.9. The van der Waals surface area contributed by atoms with E-state index in [2.05, 4.69) is 27.7 Å². The SMILES string of the molecule is [2H]c1c([2H])c([2H])c(N(c2cc3c4c(c2)N(c2c([2H])c([2H])c(C(C)(C)C)c([2H])c2[2H])c2c(oc5c([2H])c([2H])c([2H])c([2H])c25)B4c2cc4c(cc2N3c2c([2H])c([2H])c(C(C)(C)C)c([2H])c2[2H])C(C)(C)CCC4(C)C)c2c([2H])c([2H])c([2H])c([2H])c2[2H])c([2H])c1[2H]. The fourth-order valence-electron chi connectivity index (χ4n) is 9.51. The quantitative estimate of drug-likeness (QED) is 0.161. The van der Waals surface area contributed by atoms with Crippen LogP contribution in [0.4, 0.5) is 51.2 Å². The number of hydrogen-bond acceptors (Lipinski definition) is 4. The lowest BCUT2D eigenvalue weighted by Crippen LogP contribution is -2.61. The number of para-hydroxylation sites is 3. The number of furan rings is 1. The Kier molecular flexibility index (Phi) is 5.28. The van der Waals surface area contributed by atoms with E-state index < -0.39 is 178 Å². The lowest BCUT2D eigenvalue weighted by atomic mass is 9.35. The molecule has 11 rings (SSSR count). The predicted molar refractivity (Wildman–Crippen MR) is 278 cm³/mol. The Morgan fingerprint density at radius 2 is 1.02 bits per heavy atom. The van der Waals surface area contributed by atoms with Crippen molar-refractivity contribution in [3.63, 3.8) is 0 Å². The number of anilines is 9. The van der Waals surface area contributed by atoms with E-state index in [1.165, 1.54) is 21.9 Å². The van der Waals surface area contributed by atoms with E-state index in [9.17, 15) is 19.2 Å². The van der Waals surface area contributed by atoms with Gasteiger partial charge in [0.15, 0.2) is 0 Å². The van der Waals surface area contributed by atoms with Gasteiger partial charge >= 0.3 is 0 Å². The van der Waals surface area contributed by atoms with Crippen LogP contribution in [0.25, 0.3) is 11.0 Å². The molecule has 1 aliphatic carbocycles. The lowest BCUT2D eigenvalue weighted by molar-refractivity contribution is 0.332. The third-order valence-electron chi connectivity index (χ3n) is 13.1. The van der Waals surface area contributed by atoms with Gasteiger partial charge in [0.05, 0.1) is 47.2 Å². The van der Waals surface area contributed by atoms with Crippen molar-refractivity contribution >= 4 is 85.5 Å². The maximum absolute atomic E-state index is 10.1. The first-order valence-electron chi connectivity index (χ1n) is 32.8. The maximum atomic E-state index is 10.1. The monoisotopic (exact) mass is 872 g/mol. The van der Waals surface area contributed by atoms with Gasteiger partial charge in [0.1, 0.15) is 5.58 Å². The van der Waals surface area contributed by atoms with Crippen molar-refractivity contribution in [1.29, 1.82) is 0 Å². The molecule has 3 aliphatic rings. The summed E-state index contributed by atoms with van der Waals surface area (Å²) in [6, 6.07) is -9.00. The summed E-state index contributed by atoms with van der Waals surface area (Å²) in [4.78, 5) is 3.62. The van der Waals surface area contributed by atoms with Crippen molar-refractivity contribution in [2.75, 3.05) is 14.7 Å². The zero-order valence-electron chi connectivity index (χ0n) is 60.1. The average molecular weight is 872 g/mol. The molecule has 1 aromatic heterocycles. The lowest BCUT2D eigenvalue weighted by Gasteiger charge is -2.47. The van der Waals surface area contributed by atoms with Gasteiger partial charge in [0.25, 0.3) is 6.71 Å². The van der Waals surface area contributed by atoms with Gasteiger partial charge in [-0.2, -0.15) is 0 Å². The molecule has 0 amide bonds. The minimum atomic E-state index is -1.27. The van der Waals surface area contributed by atoms with Crippen molar-refractivity contribution < 1.29 is 34.6 Å². The van der Waals surface area contributed by atoms with Gasteiger partial charge in [-0.05, 0) is 146 Å². The highest BCUT2D eigenvalue weighted by Crippen LogP contribution is 2.53. The number of fused-ring (bicyclic) bond motifs is 7. The summed E-state index contributed by atoms with van der Waals surface area (Å²) in [5.74, 6) is 0. The van der Waals surface area contributed by atoms with Crippen molar-refractivity contribution in [1.82, 2.24) is 0 Å². The van der Waals surface area contributed by atoms with Crippen LogP contribution in [0.2, 0.25) is 0 Å². The fraction of sp³-hybridized carbons (Fsp3) is 0.267. The molecule has 0 atom stereocenters. The van der Waals surface area contributed by atoms with Crippen LogP contribution < -0.4 is 31.3 Å². The number of rotatable bonds is 5. The first-order valence-corrected chi connectivity index (χ1v) is 21.8. The van der Waals surface area contributed by atoms with Gasteiger partial charge in [-0.3, -0.25) is 0 Å². The minimum absolute atomic E-state index is 0.0112. The summed E-state index contributed by atoms with van der Waals surface area (Å²) in [5.41, 5.74) is -4.05. The third kappa shape index (κ3) is 6.64. The van der Waals surface area contributed by atoms with Crippen LogP contribution in [-0.4, -0.2) is 6.71 Å². The zero-order valence-corrected chi connectivity index (χ0v) is 38.1. The molecule has 0 saturated heterocycles. The van der Waals surface area contributed by atoms with E-state index in [1.54, 1.807) is 41.5 Å². The van der Waals surface area contributed by atoms with Gasteiger partial charge in [-0.1, -0.05) is 148 Å². The van der Waals surface area contributed by atoms with Crippen molar-refractivity contribution in [2.45, 2.75) is 104 Å². The molecule has 0 saturated carbocycles. The van der Waals surface area contributed by atoms with Crippen LogP contribution >= 0.6 is 0 Å². The molecule has 0 bridgehead atoms. The average Bonchev–Trinajstić information content (AvgIpc) is 1.68. The number of benzene rings is 7. The molecule has 0 spiro atoms. The molecule has 0 fully saturated rings. The van der Waals surface area contributed by atoms with Crippen molar-refractivity contribution in [3.8, 4) is 0 Å². The summed E-state index contributed by atoms with van der Waals surface area (Å²) < 4.78 is 214. The number of hydrogen-bond donors (Lipinski definition) is 0. The molecule has 324 valence electrons. The second-order valence-electron chi connectivity index (χ2n) is 20.5. The normalized spacial score (nSPS) is 20.6. The van der Waals surface area contributed by atoms with Crippen LogP contribution in [0.3, 0.4) is 0 Å². The van der Waals surface area contributed by atoms with E-state index in [0.717, 1.165) is 16.0 Å². The molecule has 5 heteroatoms. The molecule has 3 heterocycles. The molecule has 2 aliphatic heterocycles. The van der Waals surface area contributed by atoms with Crippen LogP contribution in [0.15, 0.2) is 162 Å². The van der Waals surface area contributed by atoms with E-state index >= 15 is 0 Å². The molecule has 8 aromatic rings. The van der Waals surface area contributed by atoms with Gasteiger partial charge < -0.3 is 19.1 Å². The number of nitrogens with zero attached hydrogens (tertiary/aromatic N) is 3. The Morgan fingerprint density at radius 1 is 0.538 bits per heavy atom. The Bertz CT molecular complexity index is 4260. The van der Waals surface area contributed by atoms with E-state index in [0.29, 0.717) is 18.3 Å². The zero-order chi connectivity index (χ0) is 64.4. The van der Waals surface area contributed by atoms with Crippen LogP contribution in [0.1, 0.15) is 134 Å². The highest BCUT2D eigenvalue weighted by molar-refractivity contribution is 7.00. The van der Waals surface area contributed by atoms with Crippen LogP contribution in [0.5, 0.6) is 0 Å². The molecule has 7 aromatic carbocycles. The fourth-order valence-corrected chi connectivity index (χ4v) is 9.51.